The molecule has 0 amide bonds. The zero-order valence-electron chi connectivity index (χ0n) is 21.6. The zero-order valence-corrected chi connectivity index (χ0v) is 21.6. The summed E-state index contributed by atoms with van der Waals surface area (Å²) < 4.78 is 65.5. The third-order valence-corrected chi connectivity index (χ3v) is 7.51. The molecule has 0 aliphatic carbocycles. The van der Waals surface area contributed by atoms with E-state index in [-0.39, 0.29) is 34.9 Å². The monoisotopic (exact) mass is 543 g/mol. The lowest BCUT2D eigenvalue weighted by molar-refractivity contribution is -0.144. The average molecular weight is 544 g/mol. The van der Waals surface area contributed by atoms with Crippen LogP contribution in [0.3, 0.4) is 0 Å². The van der Waals surface area contributed by atoms with Gasteiger partial charge in [-0.3, -0.25) is 4.68 Å². The van der Waals surface area contributed by atoms with Gasteiger partial charge < -0.3 is 19.9 Å². The van der Waals surface area contributed by atoms with Crippen molar-refractivity contribution in [2.24, 2.45) is 0 Å². The first-order chi connectivity index (χ1) is 18.7. The molecule has 0 unspecified atom stereocenters. The van der Waals surface area contributed by atoms with Gasteiger partial charge in [-0.2, -0.15) is 18.3 Å². The zero-order chi connectivity index (χ0) is 27.3. The third kappa shape index (κ3) is 4.76. The number of hydrogen-bond donors (Lipinski definition) is 2. The molecule has 1 aromatic carbocycles. The van der Waals surface area contributed by atoms with E-state index in [2.05, 4.69) is 20.4 Å². The summed E-state index contributed by atoms with van der Waals surface area (Å²) in [6.45, 7) is 6.22. The molecule has 0 bridgehead atoms. The number of hydrogen-bond acceptors (Lipinski definition) is 6. The molecule has 0 spiro atoms. The minimum atomic E-state index is -4.66. The maximum Gasteiger partial charge on any atom is 0.433 e. The number of aromatic amines is 1. The summed E-state index contributed by atoms with van der Waals surface area (Å²) in [6, 6.07) is 5.61. The summed E-state index contributed by atoms with van der Waals surface area (Å²) in [7, 11) is 0. The third-order valence-electron chi connectivity index (χ3n) is 7.51. The molecule has 12 heteroatoms. The Labute approximate surface area is 222 Å². The summed E-state index contributed by atoms with van der Waals surface area (Å²) in [6.07, 6.45) is -1.89. The second-order valence-electron chi connectivity index (χ2n) is 10.2. The molecule has 39 heavy (non-hydrogen) atoms. The number of halogens is 4. The number of ether oxygens (including phenoxy) is 1. The minimum Gasteiger partial charge on any atom is -0.377 e. The first kappa shape index (κ1) is 25.8. The summed E-state index contributed by atoms with van der Waals surface area (Å²) in [4.78, 5) is 14.4. The average Bonchev–Trinajstić information content (AvgIpc) is 3.53. The van der Waals surface area contributed by atoms with Gasteiger partial charge in [0.1, 0.15) is 11.6 Å². The highest BCUT2D eigenvalue weighted by Crippen LogP contribution is 2.42. The smallest absolute Gasteiger partial charge is 0.377 e. The largest absolute Gasteiger partial charge is 0.433 e. The van der Waals surface area contributed by atoms with Crippen molar-refractivity contribution in [3.63, 3.8) is 0 Å². The Hall–Kier alpha value is -3.51. The number of alkyl halides is 3. The van der Waals surface area contributed by atoms with Crippen LogP contribution in [0.1, 0.15) is 37.2 Å². The van der Waals surface area contributed by atoms with E-state index in [9.17, 15) is 17.6 Å². The van der Waals surface area contributed by atoms with E-state index >= 15 is 0 Å². The molecule has 2 saturated heterocycles. The molecule has 206 valence electrons. The normalized spacial score (nSPS) is 19.2. The highest BCUT2D eigenvalue weighted by atomic mass is 19.4. The molecular weight excluding hydrogens is 514 g/mol. The van der Waals surface area contributed by atoms with Gasteiger partial charge in [-0.25, -0.2) is 14.4 Å². The number of fused-ring (bicyclic) bond motifs is 1. The Balaban J connectivity index is 1.59. The lowest BCUT2D eigenvalue weighted by Gasteiger charge is -2.34. The molecule has 2 N–H and O–H groups in total. The van der Waals surface area contributed by atoms with Crippen LogP contribution in [-0.4, -0.2) is 63.6 Å². The van der Waals surface area contributed by atoms with E-state index in [0.29, 0.717) is 68.0 Å². The minimum absolute atomic E-state index is 0.0604. The predicted molar refractivity (Wildman–Crippen MR) is 139 cm³/mol. The van der Waals surface area contributed by atoms with Crippen LogP contribution >= 0.6 is 0 Å². The van der Waals surface area contributed by atoms with E-state index in [1.807, 2.05) is 11.8 Å². The highest BCUT2D eigenvalue weighted by Gasteiger charge is 2.42. The van der Waals surface area contributed by atoms with Crippen LogP contribution in [0, 0.1) is 12.7 Å². The first-order valence-electron chi connectivity index (χ1n) is 13.1. The van der Waals surface area contributed by atoms with Crippen LogP contribution in [0.4, 0.5) is 23.4 Å². The Morgan fingerprint density at radius 2 is 1.90 bits per heavy atom. The van der Waals surface area contributed by atoms with Gasteiger partial charge in [0.15, 0.2) is 11.5 Å². The van der Waals surface area contributed by atoms with Gasteiger partial charge in [0.05, 0.1) is 42.2 Å². The molecule has 6 rings (SSSR count). The van der Waals surface area contributed by atoms with E-state index in [1.54, 1.807) is 25.3 Å². The molecule has 0 radical (unpaired) electrons. The standard InChI is InChI=1S/C27H29F4N7O/c1-15-14-39-10-9-37(15)23-13-22(34-26(35-23)20-11-17(28)12-21-19(20)5-8-33-21)24-16(2)36-38(25(24)27(29,30)31)18-3-6-32-7-4-18/h5,8,11-13,15,18,32-33H,3-4,6-7,9-10,14H2,1-2H3/t15-/m1/s1. The van der Waals surface area contributed by atoms with Crippen LogP contribution in [0.5, 0.6) is 0 Å². The quantitative estimate of drug-likeness (QED) is 0.349. The van der Waals surface area contributed by atoms with Gasteiger partial charge in [-0.15, -0.1) is 0 Å². The van der Waals surface area contributed by atoms with Crippen molar-refractivity contribution < 1.29 is 22.3 Å². The molecule has 5 heterocycles. The van der Waals surface area contributed by atoms with Gasteiger partial charge >= 0.3 is 6.18 Å². The number of morpholine rings is 1. The number of H-pyrrole nitrogens is 1. The Morgan fingerprint density at radius 1 is 1.10 bits per heavy atom. The van der Waals surface area contributed by atoms with Gasteiger partial charge in [0.2, 0.25) is 0 Å². The van der Waals surface area contributed by atoms with Gasteiger partial charge in [-0.05, 0) is 58.0 Å². The molecule has 8 nitrogen and oxygen atoms in total. The summed E-state index contributed by atoms with van der Waals surface area (Å²) in [5.41, 5.74) is 0.389. The van der Waals surface area contributed by atoms with Crippen molar-refractivity contribution in [2.45, 2.75) is 44.9 Å². The molecule has 2 fully saturated rings. The number of aromatic nitrogens is 5. The number of aryl methyl sites for hydroxylation is 1. The van der Waals surface area contributed by atoms with E-state index in [1.165, 1.54) is 12.1 Å². The van der Waals surface area contributed by atoms with Crippen molar-refractivity contribution in [3.8, 4) is 22.6 Å². The van der Waals surface area contributed by atoms with E-state index < -0.39 is 17.7 Å². The van der Waals surface area contributed by atoms with Crippen molar-refractivity contribution in [1.29, 1.82) is 0 Å². The highest BCUT2D eigenvalue weighted by molar-refractivity contribution is 5.94. The first-order valence-corrected chi connectivity index (χ1v) is 13.1. The number of anilines is 1. The fraction of sp³-hybridized carbons (Fsp3) is 0.444. The lowest BCUT2D eigenvalue weighted by atomic mass is 10.0. The summed E-state index contributed by atoms with van der Waals surface area (Å²) >= 11 is 0. The van der Waals surface area contributed by atoms with E-state index in [0.717, 1.165) is 4.68 Å². The van der Waals surface area contributed by atoms with E-state index in [4.69, 9.17) is 9.72 Å². The summed E-state index contributed by atoms with van der Waals surface area (Å²) in [5.74, 6) is 0.106. The Morgan fingerprint density at radius 3 is 2.64 bits per heavy atom. The second-order valence-corrected chi connectivity index (χ2v) is 10.2. The molecule has 2 aliphatic heterocycles. The fourth-order valence-electron chi connectivity index (χ4n) is 5.66. The van der Waals surface area contributed by atoms with Crippen LogP contribution in [0.2, 0.25) is 0 Å². The van der Waals surface area contributed by atoms with Crippen molar-refractivity contribution in [3.05, 3.63) is 47.7 Å². The van der Waals surface area contributed by atoms with Crippen LogP contribution in [0.25, 0.3) is 33.5 Å². The number of benzene rings is 1. The van der Waals surface area contributed by atoms with Crippen molar-refractivity contribution in [2.75, 3.05) is 37.7 Å². The van der Waals surface area contributed by atoms with Gasteiger partial charge in [0, 0.05) is 35.3 Å². The van der Waals surface area contributed by atoms with Gasteiger partial charge in [-0.1, -0.05) is 0 Å². The maximum atomic E-state index is 14.7. The summed E-state index contributed by atoms with van der Waals surface area (Å²) in [5, 5.41) is 8.27. The maximum absolute atomic E-state index is 14.7. The topological polar surface area (TPSA) is 83.9 Å². The second kappa shape index (κ2) is 9.91. The molecular formula is C27H29F4N7O. The van der Waals surface area contributed by atoms with Gasteiger partial charge in [0.25, 0.3) is 0 Å². The molecule has 1 atom stereocenters. The molecule has 3 aromatic heterocycles. The number of piperidine rings is 1. The van der Waals surface area contributed by atoms with Crippen molar-refractivity contribution >= 4 is 16.7 Å². The van der Waals surface area contributed by atoms with Crippen molar-refractivity contribution in [1.82, 2.24) is 30.0 Å². The van der Waals surface area contributed by atoms with Crippen LogP contribution < -0.4 is 10.2 Å². The van der Waals surface area contributed by atoms with Crippen LogP contribution in [-0.2, 0) is 10.9 Å². The molecule has 0 saturated carbocycles. The Bertz CT molecular complexity index is 1510. The molecule has 2 aliphatic rings. The number of nitrogens with one attached hydrogen (secondary N) is 2. The SMILES string of the molecule is Cc1nn(C2CCNCC2)c(C(F)(F)F)c1-c1cc(N2CCOC[C@H]2C)nc(-c2cc(F)cc3[nH]ccc23)n1. The predicted octanol–water partition coefficient (Wildman–Crippen LogP) is 5.10. The number of rotatable bonds is 4. The Kier molecular flexibility index (Phi) is 6.54. The fourth-order valence-corrected chi connectivity index (χ4v) is 5.66. The number of nitrogens with zero attached hydrogens (tertiary/aromatic N) is 5. The lowest BCUT2D eigenvalue weighted by Crippen LogP contribution is -2.44. The van der Waals surface area contributed by atoms with Crippen LogP contribution in [0.15, 0.2) is 30.5 Å². The molecule has 4 aromatic rings.